The Kier molecular flexibility index (Phi) is 4.41. The maximum Gasteiger partial charge on any atom is 0.239 e. The Morgan fingerprint density at radius 1 is 1.44 bits per heavy atom. The molecule has 1 aromatic carbocycles. The summed E-state index contributed by atoms with van der Waals surface area (Å²) in [6.45, 7) is 0. The Morgan fingerprint density at radius 2 is 2.06 bits per heavy atom. The van der Waals surface area contributed by atoms with E-state index in [9.17, 15) is 4.79 Å². The number of nitrogens with one attached hydrogen (secondary N) is 1. The number of hydrogen-bond acceptors (Lipinski definition) is 3. The van der Waals surface area contributed by atoms with Crippen LogP contribution in [0.25, 0.3) is 0 Å². The molecule has 0 aliphatic carbocycles. The Hall–Kier alpha value is -0.970. The number of hydrogen-bond donors (Lipinski definition) is 2. The van der Waals surface area contributed by atoms with Crippen molar-refractivity contribution in [2.75, 3.05) is 14.2 Å². The van der Waals surface area contributed by atoms with Crippen molar-refractivity contribution in [2.45, 2.75) is 6.04 Å². The van der Waals surface area contributed by atoms with Gasteiger partial charge in [0.05, 0.1) is 12.1 Å². The zero-order chi connectivity index (χ0) is 12.3. The third-order valence-corrected chi connectivity index (χ3v) is 2.78. The fraction of sp³-hybridized carbons (Fsp3) is 0.300. The minimum absolute atomic E-state index is 0.374. The van der Waals surface area contributed by atoms with E-state index in [0.29, 0.717) is 21.4 Å². The molecule has 6 heteroatoms. The van der Waals surface area contributed by atoms with Gasteiger partial charge in [0.15, 0.2) is 0 Å². The average Bonchev–Trinajstić information content (AvgIpc) is 2.23. The lowest BCUT2D eigenvalue weighted by Gasteiger charge is -2.15. The largest absolute Gasteiger partial charge is 0.495 e. The lowest BCUT2D eigenvalue weighted by Crippen LogP contribution is -2.31. The molecule has 1 atom stereocenters. The normalized spacial score (nSPS) is 12.2. The molecule has 0 spiro atoms. The van der Waals surface area contributed by atoms with Crippen LogP contribution < -0.4 is 15.8 Å². The highest BCUT2D eigenvalue weighted by molar-refractivity contribution is 6.35. The number of carbonyl (C=O) groups excluding carboxylic acids is 1. The van der Waals surface area contributed by atoms with Crippen LogP contribution in [0.5, 0.6) is 5.75 Å². The predicted octanol–water partition coefficient (Wildman–Crippen LogP) is 1.75. The number of halogens is 2. The van der Waals surface area contributed by atoms with E-state index < -0.39 is 11.9 Å². The first-order valence-corrected chi connectivity index (χ1v) is 5.26. The van der Waals surface area contributed by atoms with Crippen molar-refractivity contribution in [1.29, 1.82) is 0 Å². The van der Waals surface area contributed by atoms with Crippen LogP contribution in [0.2, 0.25) is 10.0 Å². The highest BCUT2D eigenvalue weighted by Gasteiger charge is 2.20. The summed E-state index contributed by atoms with van der Waals surface area (Å²) in [4.78, 5) is 11.2. The standard InChI is InChI=1S/C10H12Cl2N2O2/c1-14-9(10(13)15)5-3-7(12)8(16-2)4-6(5)11/h3-4,9,14H,1-2H3,(H2,13,15). The Labute approximate surface area is 104 Å². The summed E-state index contributed by atoms with van der Waals surface area (Å²) in [6.07, 6.45) is 0. The topological polar surface area (TPSA) is 64.3 Å². The monoisotopic (exact) mass is 262 g/mol. The molecule has 3 N–H and O–H groups in total. The molecule has 16 heavy (non-hydrogen) atoms. The van der Waals surface area contributed by atoms with Gasteiger partial charge >= 0.3 is 0 Å². The smallest absolute Gasteiger partial charge is 0.239 e. The molecule has 1 rings (SSSR count). The number of benzene rings is 1. The molecule has 0 saturated heterocycles. The zero-order valence-corrected chi connectivity index (χ0v) is 10.4. The summed E-state index contributed by atoms with van der Waals surface area (Å²) < 4.78 is 5.00. The van der Waals surface area contributed by atoms with Crippen LogP contribution in [0.15, 0.2) is 12.1 Å². The minimum Gasteiger partial charge on any atom is -0.495 e. The van der Waals surface area contributed by atoms with Gasteiger partial charge in [0.2, 0.25) is 5.91 Å². The first-order valence-electron chi connectivity index (χ1n) is 4.50. The highest BCUT2D eigenvalue weighted by atomic mass is 35.5. The van der Waals surface area contributed by atoms with Gasteiger partial charge in [-0.2, -0.15) is 0 Å². The highest BCUT2D eigenvalue weighted by Crippen LogP contribution is 2.33. The number of rotatable bonds is 4. The third kappa shape index (κ3) is 2.58. The number of amides is 1. The molecule has 1 unspecified atom stereocenters. The number of methoxy groups -OCH3 is 1. The van der Waals surface area contributed by atoms with Gasteiger partial charge in [-0.15, -0.1) is 0 Å². The third-order valence-electron chi connectivity index (χ3n) is 2.16. The van der Waals surface area contributed by atoms with Crippen LogP contribution in [0, 0.1) is 0 Å². The Balaban J connectivity index is 3.24. The molecular weight excluding hydrogens is 251 g/mol. The van der Waals surface area contributed by atoms with Crippen molar-refractivity contribution in [3.05, 3.63) is 27.7 Å². The van der Waals surface area contributed by atoms with Gasteiger partial charge in [-0.05, 0) is 18.7 Å². The summed E-state index contributed by atoms with van der Waals surface area (Å²) in [7, 11) is 3.10. The molecule has 88 valence electrons. The summed E-state index contributed by atoms with van der Waals surface area (Å²) in [5.41, 5.74) is 5.76. The lowest BCUT2D eigenvalue weighted by atomic mass is 10.1. The van der Waals surface area contributed by atoms with Crippen molar-refractivity contribution in [2.24, 2.45) is 5.73 Å². The fourth-order valence-corrected chi connectivity index (χ4v) is 1.88. The van der Waals surface area contributed by atoms with Crippen LogP contribution >= 0.6 is 23.2 Å². The van der Waals surface area contributed by atoms with Crippen molar-refractivity contribution < 1.29 is 9.53 Å². The van der Waals surface area contributed by atoms with E-state index in [2.05, 4.69) is 5.32 Å². The van der Waals surface area contributed by atoms with Gasteiger partial charge in [-0.1, -0.05) is 23.2 Å². The van der Waals surface area contributed by atoms with Gasteiger partial charge in [0.1, 0.15) is 11.8 Å². The molecule has 0 heterocycles. The van der Waals surface area contributed by atoms with E-state index in [0.717, 1.165) is 0 Å². The molecule has 0 saturated carbocycles. The van der Waals surface area contributed by atoms with Crippen molar-refractivity contribution in [3.63, 3.8) is 0 Å². The average molecular weight is 263 g/mol. The van der Waals surface area contributed by atoms with Crippen LogP contribution in [0.3, 0.4) is 0 Å². The number of likely N-dealkylation sites (N-methyl/N-ethyl adjacent to an activating group) is 1. The molecule has 1 aromatic rings. The fourth-order valence-electron chi connectivity index (χ4n) is 1.37. The predicted molar refractivity (Wildman–Crippen MR) is 64.0 cm³/mol. The number of nitrogens with two attached hydrogens (primary N) is 1. The Bertz CT molecular complexity index is 410. The van der Waals surface area contributed by atoms with E-state index >= 15 is 0 Å². The van der Waals surface area contributed by atoms with E-state index in [1.165, 1.54) is 7.11 Å². The van der Waals surface area contributed by atoms with Crippen molar-refractivity contribution in [1.82, 2.24) is 5.32 Å². The van der Waals surface area contributed by atoms with Gasteiger partial charge in [0.25, 0.3) is 0 Å². The molecule has 0 aromatic heterocycles. The second-order valence-corrected chi connectivity index (χ2v) is 3.95. The van der Waals surface area contributed by atoms with Gasteiger partial charge < -0.3 is 15.8 Å². The molecule has 4 nitrogen and oxygen atoms in total. The van der Waals surface area contributed by atoms with E-state index in [1.807, 2.05) is 0 Å². The van der Waals surface area contributed by atoms with E-state index in [-0.39, 0.29) is 0 Å². The first-order chi connectivity index (χ1) is 7.51. The minimum atomic E-state index is -0.670. The number of primary amides is 1. The lowest BCUT2D eigenvalue weighted by molar-refractivity contribution is -0.120. The van der Waals surface area contributed by atoms with Crippen LogP contribution in [0.4, 0.5) is 0 Å². The van der Waals surface area contributed by atoms with Gasteiger partial charge in [0, 0.05) is 11.1 Å². The first kappa shape index (κ1) is 13.1. The SMILES string of the molecule is CNC(C(N)=O)c1cc(Cl)c(OC)cc1Cl. The summed E-state index contributed by atoms with van der Waals surface area (Å²) in [5.74, 6) is -0.0691. The zero-order valence-electron chi connectivity index (χ0n) is 8.88. The number of carbonyl (C=O) groups is 1. The van der Waals surface area contributed by atoms with Gasteiger partial charge in [-0.3, -0.25) is 4.79 Å². The molecule has 0 bridgehead atoms. The van der Waals surface area contributed by atoms with Crippen LogP contribution in [-0.4, -0.2) is 20.1 Å². The molecule has 1 amide bonds. The van der Waals surface area contributed by atoms with Crippen molar-refractivity contribution >= 4 is 29.1 Å². The maximum atomic E-state index is 11.2. The summed E-state index contributed by atoms with van der Waals surface area (Å²) in [5, 5.41) is 3.52. The summed E-state index contributed by atoms with van der Waals surface area (Å²) in [6, 6.07) is 2.44. The van der Waals surface area contributed by atoms with Crippen LogP contribution in [0.1, 0.15) is 11.6 Å². The number of ether oxygens (including phenoxy) is 1. The van der Waals surface area contributed by atoms with Gasteiger partial charge in [-0.25, -0.2) is 0 Å². The van der Waals surface area contributed by atoms with Crippen LogP contribution in [-0.2, 0) is 4.79 Å². The molecule has 0 aliphatic rings. The second-order valence-electron chi connectivity index (χ2n) is 3.13. The molecule has 0 radical (unpaired) electrons. The maximum absolute atomic E-state index is 11.2. The molecule has 0 aliphatic heterocycles. The summed E-state index contributed by atoms with van der Waals surface area (Å²) >= 11 is 12.0. The van der Waals surface area contributed by atoms with E-state index in [1.54, 1.807) is 19.2 Å². The van der Waals surface area contributed by atoms with E-state index in [4.69, 9.17) is 33.7 Å². The Morgan fingerprint density at radius 3 is 2.50 bits per heavy atom. The quantitative estimate of drug-likeness (QED) is 0.869. The second kappa shape index (κ2) is 5.39. The molecular formula is C10H12Cl2N2O2. The van der Waals surface area contributed by atoms with Crippen molar-refractivity contribution in [3.8, 4) is 5.75 Å². The molecule has 0 fully saturated rings.